The molecule has 4 saturated heterocycles. The summed E-state index contributed by atoms with van der Waals surface area (Å²) >= 11 is 23.8. The molecule has 0 bridgehead atoms. The van der Waals surface area contributed by atoms with Gasteiger partial charge in [-0.1, -0.05) is 119 Å². The van der Waals surface area contributed by atoms with Crippen molar-refractivity contribution in [2.75, 3.05) is 49.9 Å². The van der Waals surface area contributed by atoms with Crippen molar-refractivity contribution in [2.24, 2.45) is 66.2 Å². The quantitative estimate of drug-likeness (QED) is 0.0129. The summed E-state index contributed by atoms with van der Waals surface area (Å²) in [5.41, 5.74) is 27.5. The maximum Gasteiger partial charge on any atom is 0.323 e. The number of carbonyl (C=O) groups excluding carboxylic acids is 4. The fourth-order valence-electron chi connectivity index (χ4n) is 11.7. The molecule has 30 nitrogen and oxygen atoms in total. The molecule has 2 unspecified atom stereocenters. The van der Waals surface area contributed by atoms with Gasteiger partial charge in [-0.25, -0.2) is 37.5 Å². The third-order valence-electron chi connectivity index (χ3n) is 18.6. The van der Waals surface area contributed by atoms with E-state index in [2.05, 4.69) is 60.1 Å². The van der Waals surface area contributed by atoms with Crippen LogP contribution in [0.25, 0.3) is 0 Å². The van der Waals surface area contributed by atoms with Crippen molar-refractivity contribution in [1.29, 1.82) is 0 Å². The number of halogens is 8. The van der Waals surface area contributed by atoms with E-state index in [9.17, 15) is 48.4 Å². The van der Waals surface area contributed by atoms with E-state index in [1.54, 1.807) is 27.7 Å². The highest BCUT2D eigenvalue weighted by Crippen LogP contribution is 2.44. The van der Waals surface area contributed by atoms with E-state index in [4.69, 9.17) is 119 Å². The van der Waals surface area contributed by atoms with Crippen molar-refractivity contribution >= 4 is 93.6 Å². The normalized spacial score (nSPS) is 31.2. The maximum absolute atomic E-state index is 15.3. The van der Waals surface area contributed by atoms with Gasteiger partial charge >= 0.3 is 23.9 Å². The van der Waals surface area contributed by atoms with Crippen LogP contribution in [0.2, 0.25) is 0 Å². The van der Waals surface area contributed by atoms with Gasteiger partial charge in [0.1, 0.15) is 107 Å². The van der Waals surface area contributed by atoms with E-state index in [1.807, 2.05) is 0 Å². The number of nitrogens with zero attached hydrogens (tertiary/aromatic N) is 8. The molecule has 38 heteroatoms. The molecule has 0 saturated carbocycles. The van der Waals surface area contributed by atoms with Crippen molar-refractivity contribution in [3.05, 3.63) is 98.7 Å². The molecule has 8 aliphatic rings. The van der Waals surface area contributed by atoms with Crippen LogP contribution in [0.3, 0.4) is 0 Å². The molecular formula is C70H106Cl4F4N14O16. The SMILES string of the molecule is C=C1N=C(N)C=CN1[C@@H]1O[C@@](CO)(CCl)[C@@H](OC(=O)C(N)C(C)C)[C@H]1F.C=C1N=C(N)C=CN1[C@@H]1O[C@@](CO)(CCl)[C@@H](OC(=O)CCCCCCC)[C@H]1F.C=C1N=C(N)C=CN1[C@@H]1O[C@](CCl)(COC(=O)C(N)C(C)C)[C@@H](O)[C@H]1F.C=C1N=C(N)C=CN1[C@@H]1O[C@](CCl)(COC(=O)CCCCCCC)[C@@H](O)[C@H]1F. The molecule has 16 N–H and O–H groups in total. The minimum absolute atomic E-state index is 0.143. The van der Waals surface area contributed by atoms with Crippen LogP contribution in [0, 0.1) is 11.8 Å². The van der Waals surface area contributed by atoms with Crippen LogP contribution in [0.1, 0.15) is 119 Å². The molecule has 108 heavy (non-hydrogen) atoms. The van der Waals surface area contributed by atoms with Gasteiger partial charge in [-0.3, -0.25) is 19.2 Å². The molecule has 0 amide bonds. The summed E-state index contributed by atoms with van der Waals surface area (Å²) in [5, 5.41) is 40.4. The average molecular weight is 1620 g/mol. The van der Waals surface area contributed by atoms with Crippen LogP contribution in [0.15, 0.2) is 119 Å². The molecule has 0 spiro atoms. The third kappa shape index (κ3) is 22.8. The number of ether oxygens (including phenoxy) is 8. The van der Waals surface area contributed by atoms with E-state index in [1.165, 1.54) is 68.7 Å². The Kier molecular flexibility index (Phi) is 35.9. The summed E-state index contributed by atoms with van der Waals surface area (Å²) in [7, 11) is 0. The summed E-state index contributed by atoms with van der Waals surface area (Å²) < 4.78 is 104. The van der Waals surface area contributed by atoms with Gasteiger partial charge in [0.25, 0.3) is 0 Å². The molecule has 8 heterocycles. The molecule has 0 aromatic carbocycles. The van der Waals surface area contributed by atoms with E-state index in [0.717, 1.165) is 57.8 Å². The van der Waals surface area contributed by atoms with Gasteiger partial charge in [0.15, 0.2) is 61.8 Å². The van der Waals surface area contributed by atoms with E-state index in [0.29, 0.717) is 6.42 Å². The number of alkyl halides is 8. The Hall–Kier alpha value is -6.64. The van der Waals surface area contributed by atoms with Crippen LogP contribution in [-0.2, 0) is 57.1 Å². The van der Waals surface area contributed by atoms with Crippen LogP contribution in [-0.4, -0.2) is 246 Å². The molecule has 8 aliphatic heterocycles. The highest BCUT2D eigenvalue weighted by Gasteiger charge is 2.63. The van der Waals surface area contributed by atoms with Gasteiger partial charge in [-0.2, -0.15) is 0 Å². The molecule has 8 rings (SSSR count). The fraction of sp³-hybridized carbons (Fsp3) is 0.657. The highest BCUT2D eigenvalue weighted by molar-refractivity contribution is 6.19. The Morgan fingerprint density at radius 2 is 0.778 bits per heavy atom. The zero-order chi connectivity index (χ0) is 80.8. The number of carbonyl (C=O) groups is 4. The van der Waals surface area contributed by atoms with Crippen molar-refractivity contribution in [2.45, 2.75) is 227 Å². The van der Waals surface area contributed by atoms with Gasteiger partial charge in [0.05, 0.1) is 36.7 Å². The molecule has 18 atom stereocenters. The average Bonchev–Trinajstić information content (AvgIpc) is 1.64. The summed E-state index contributed by atoms with van der Waals surface area (Å²) in [6.45, 7) is 24.0. The van der Waals surface area contributed by atoms with Crippen LogP contribution < -0.4 is 34.4 Å². The number of rotatable bonds is 32. The summed E-state index contributed by atoms with van der Waals surface area (Å²) in [6.07, 6.45) is 3.82. The Balaban J connectivity index is 0.000000258. The Labute approximate surface area is 647 Å². The molecule has 0 radical (unpaired) electrons. The monoisotopic (exact) mass is 1610 g/mol. The van der Waals surface area contributed by atoms with Crippen LogP contribution in [0.4, 0.5) is 17.6 Å². The van der Waals surface area contributed by atoms with E-state index in [-0.39, 0.29) is 101 Å². The topological polar surface area (TPSA) is 442 Å². The smallest absolute Gasteiger partial charge is 0.323 e. The van der Waals surface area contributed by atoms with Crippen molar-refractivity contribution in [1.82, 2.24) is 19.6 Å². The predicted octanol–water partition coefficient (Wildman–Crippen LogP) is 5.57. The number of hydrogen-bond donors (Lipinski definition) is 10. The largest absolute Gasteiger partial charge is 0.462 e. The number of hydrogen-bond acceptors (Lipinski definition) is 30. The zero-order valence-corrected chi connectivity index (χ0v) is 64.6. The summed E-state index contributed by atoms with van der Waals surface area (Å²) in [6, 6.07) is -1.79. The minimum Gasteiger partial charge on any atom is -0.462 e. The Morgan fingerprint density at radius 1 is 0.481 bits per heavy atom. The molecule has 608 valence electrons. The Morgan fingerprint density at radius 3 is 1.09 bits per heavy atom. The van der Waals surface area contributed by atoms with Gasteiger partial charge in [0, 0.05) is 37.6 Å². The molecular weight excluding hydrogens is 1510 g/mol. The number of nitrogens with two attached hydrogens (primary N) is 6. The van der Waals surface area contributed by atoms with Crippen molar-refractivity contribution in [3.8, 4) is 0 Å². The first-order valence-corrected chi connectivity index (χ1v) is 37.5. The number of aliphatic hydroxyl groups is 4. The number of unbranched alkanes of at least 4 members (excludes halogenated alkanes) is 8. The fourth-order valence-corrected chi connectivity index (χ4v) is 12.9. The molecule has 0 aromatic rings. The zero-order valence-electron chi connectivity index (χ0n) is 61.6. The lowest BCUT2D eigenvalue weighted by Gasteiger charge is -2.32. The predicted molar refractivity (Wildman–Crippen MR) is 400 cm³/mol. The molecule has 0 aliphatic carbocycles. The molecule has 0 aromatic heterocycles. The first-order chi connectivity index (χ1) is 51.0. The minimum atomic E-state index is -1.85. The second-order valence-electron chi connectivity index (χ2n) is 27.4. The number of esters is 4. The van der Waals surface area contributed by atoms with Crippen molar-refractivity contribution in [3.63, 3.8) is 0 Å². The van der Waals surface area contributed by atoms with Crippen LogP contribution >= 0.6 is 46.4 Å². The van der Waals surface area contributed by atoms with E-state index < -0.39 is 152 Å². The molecule has 4 fully saturated rings. The number of aliphatic hydroxyl groups excluding tert-OH is 4. The highest BCUT2D eigenvalue weighted by atomic mass is 35.5. The first kappa shape index (κ1) is 92.0. The summed E-state index contributed by atoms with van der Waals surface area (Å²) in [5.74, 6) is -2.36. The second kappa shape index (κ2) is 42.1. The van der Waals surface area contributed by atoms with E-state index >= 15 is 8.78 Å². The van der Waals surface area contributed by atoms with Gasteiger partial charge in [-0.05, 0) is 49.0 Å². The lowest BCUT2D eigenvalue weighted by molar-refractivity contribution is -0.168. The standard InChI is InChI=1S/2C19H29ClFN3O4.2C16H24ClFN4O4/c1-3-4-5-6-7-8-15(25)27-12-19(11-20)17(26)16(21)18(28-19)24-10-9-14(22)23-13(24)2;1-3-4-5-6-7-8-15(26)27-17-16(21)18(28-19(17,11-20)12-25)24-10-9-14(22)23-13(24)2;1-8(2)12(20)15(24)25-7-16(6-17)13(23)11(18)14(26-16)22-5-4-10(19)21-9(22)3;1-8(2)12(20)15(24)25-13-11(18)14(26-16(13,6-17)7-23)22-5-4-10(19)21-9(22)3/h9-10,16-18,26H,2-8,11-12H2,1H3,(H2,22,23);9-10,16-18,25H,2-8,11-12H2,1H3,(H2,22,23);2*4-5,8,11-14,23H,3,6-7,20H2,1-2H3,(H2,19,21)/t2*16-,17+,18-,19-;2*11-,12?,13+,14-,16-/m1111/s1. The second-order valence-corrected chi connectivity index (χ2v) is 28.5. The first-order valence-electron chi connectivity index (χ1n) is 35.3. The van der Waals surface area contributed by atoms with Gasteiger partial charge < -0.3 is 112 Å². The lowest BCUT2D eigenvalue weighted by atomic mass is 9.98. The third-order valence-corrected chi connectivity index (χ3v) is 20.4. The number of aliphatic imine (C=N–C) groups is 4. The van der Waals surface area contributed by atoms with Gasteiger partial charge in [-0.15, -0.1) is 46.4 Å². The summed E-state index contributed by atoms with van der Waals surface area (Å²) in [4.78, 5) is 69.5. The van der Waals surface area contributed by atoms with Crippen LogP contribution in [0.5, 0.6) is 0 Å². The maximum atomic E-state index is 15.3. The Bertz CT molecular complexity index is 3340. The van der Waals surface area contributed by atoms with Crippen molar-refractivity contribution < 1.29 is 95.1 Å². The van der Waals surface area contributed by atoms with Gasteiger partial charge in [0.2, 0.25) is 0 Å². The lowest BCUT2D eigenvalue weighted by Crippen LogP contribution is -2.52. The number of amidine groups is 4.